The predicted molar refractivity (Wildman–Crippen MR) is 73.1 cm³/mol. The van der Waals surface area contributed by atoms with Gasteiger partial charge in [-0.3, -0.25) is 10.1 Å². The Hall–Kier alpha value is -1.73. The smallest absolute Gasteiger partial charge is 0.233 e. The lowest BCUT2D eigenvalue weighted by Crippen LogP contribution is -2.27. The van der Waals surface area contributed by atoms with Gasteiger partial charge in [-0.15, -0.1) is 0 Å². The highest BCUT2D eigenvalue weighted by molar-refractivity contribution is 6.33. The van der Waals surface area contributed by atoms with E-state index in [1.165, 1.54) is 6.33 Å². The Kier molecular flexibility index (Phi) is 4.28. The molecule has 2 aromatic rings. The van der Waals surface area contributed by atoms with Gasteiger partial charge in [0.1, 0.15) is 5.52 Å². The maximum atomic E-state index is 11.7. The Bertz CT molecular complexity index is 582. The van der Waals surface area contributed by atoms with Crippen molar-refractivity contribution in [2.24, 2.45) is 0 Å². The monoisotopic (exact) mass is 282 g/mol. The third-order valence-corrected chi connectivity index (χ3v) is 2.67. The van der Waals surface area contributed by atoms with Crippen molar-refractivity contribution in [1.29, 1.82) is 0 Å². The molecule has 0 unspecified atom stereocenters. The van der Waals surface area contributed by atoms with Gasteiger partial charge in [0.15, 0.2) is 10.8 Å². The fourth-order valence-electron chi connectivity index (χ4n) is 1.52. The topological polar surface area (TPSA) is 95.6 Å². The molecule has 2 heterocycles. The van der Waals surface area contributed by atoms with Gasteiger partial charge in [-0.1, -0.05) is 25.4 Å². The van der Waals surface area contributed by atoms with E-state index in [4.69, 9.17) is 11.6 Å². The van der Waals surface area contributed by atoms with Crippen molar-refractivity contribution in [3.8, 4) is 0 Å². The van der Waals surface area contributed by atoms with Crippen LogP contribution in [0.25, 0.3) is 11.2 Å². The molecule has 0 aliphatic heterocycles. The van der Waals surface area contributed by atoms with Crippen LogP contribution in [-0.2, 0) is 4.79 Å². The number of halogens is 1. The molecular weight excluding hydrogens is 268 g/mol. The van der Waals surface area contributed by atoms with Gasteiger partial charge in [-0.25, -0.2) is 4.98 Å². The standard InChI is InChI=1S/C11H15ClN6O/c1-6(2)13-4-3-7(19)16-11-17-9(12)8-10(18-11)15-5-14-8/h5-6,13H,3-4H2,1-2H3,(H2,14,15,16,17,18,19). The summed E-state index contributed by atoms with van der Waals surface area (Å²) < 4.78 is 0. The van der Waals surface area contributed by atoms with Crippen molar-refractivity contribution in [2.75, 3.05) is 11.9 Å². The molecule has 7 nitrogen and oxygen atoms in total. The second-order valence-corrected chi connectivity index (χ2v) is 4.70. The van der Waals surface area contributed by atoms with Crippen molar-refractivity contribution >= 4 is 34.6 Å². The number of carbonyl (C=O) groups is 1. The Morgan fingerprint density at radius 1 is 1.47 bits per heavy atom. The summed E-state index contributed by atoms with van der Waals surface area (Å²) in [5.74, 6) is -0.00162. The highest BCUT2D eigenvalue weighted by atomic mass is 35.5. The molecule has 102 valence electrons. The van der Waals surface area contributed by atoms with Crippen LogP contribution < -0.4 is 10.6 Å². The van der Waals surface area contributed by atoms with Crippen LogP contribution in [0.1, 0.15) is 20.3 Å². The number of aromatic amines is 1. The molecule has 19 heavy (non-hydrogen) atoms. The third kappa shape index (κ3) is 3.62. The fourth-order valence-corrected chi connectivity index (χ4v) is 1.73. The average molecular weight is 283 g/mol. The van der Waals surface area contributed by atoms with Crippen molar-refractivity contribution < 1.29 is 4.79 Å². The SMILES string of the molecule is CC(C)NCCC(=O)Nc1nc(Cl)c2[nH]cnc2n1. The lowest BCUT2D eigenvalue weighted by atomic mass is 10.3. The van der Waals surface area contributed by atoms with Crippen LogP contribution in [0.3, 0.4) is 0 Å². The van der Waals surface area contributed by atoms with E-state index in [1.807, 2.05) is 13.8 Å². The Morgan fingerprint density at radius 3 is 3.00 bits per heavy atom. The molecule has 0 spiro atoms. The number of anilines is 1. The summed E-state index contributed by atoms with van der Waals surface area (Å²) in [6.07, 6.45) is 1.82. The molecule has 0 radical (unpaired) electrons. The van der Waals surface area contributed by atoms with E-state index in [1.54, 1.807) is 0 Å². The van der Waals surface area contributed by atoms with E-state index in [0.29, 0.717) is 30.2 Å². The van der Waals surface area contributed by atoms with Gasteiger partial charge in [-0.05, 0) is 0 Å². The van der Waals surface area contributed by atoms with Crippen LogP contribution >= 0.6 is 11.6 Å². The van der Waals surface area contributed by atoms with E-state index in [9.17, 15) is 4.79 Å². The molecule has 8 heteroatoms. The summed E-state index contributed by atoms with van der Waals surface area (Å²) in [6.45, 7) is 4.64. The summed E-state index contributed by atoms with van der Waals surface area (Å²) >= 11 is 5.95. The highest BCUT2D eigenvalue weighted by Gasteiger charge is 2.10. The molecule has 0 aliphatic rings. The number of rotatable bonds is 5. The second-order valence-electron chi connectivity index (χ2n) is 4.35. The van der Waals surface area contributed by atoms with E-state index in [2.05, 4.69) is 30.6 Å². The van der Waals surface area contributed by atoms with Crippen molar-refractivity contribution in [1.82, 2.24) is 25.3 Å². The zero-order chi connectivity index (χ0) is 13.8. The molecule has 0 saturated heterocycles. The number of aromatic nitrogens is 4. The molecule has 1 amide bonds. The Labute approximate surface area is 115 Å². The van der Waals surface area contributed by atoms with Gasteiger partial charge in [0, 0.05) is 19.0 Å². The van der Waals surface area contributed by atoms with Crippen LogP contribution in [0.4, 0.5) is 5.95 Å². The van der Waals surface area contributed by atoms with Crippen molar-refractivity contribution in [2.45, 2.75) is 26.3 Å². The molecule has 2 rings (SSSR count). The summed E-state index contributed by atoms with van der Waals surface area (Å²) in [7, 11) is 0. The van der Waals surface area contributed by atoms with Crippen LogP contribution in [-0.4, -0.2) is 38.4 Å². The molecule has 0 atom stereocenters. The lowest BCUT2D eigenvalue weighted by Gasteiger charge is -2.07. The third-order valence-electron chi connectivity index (χ3n) is 2.40. The Morgan fingerprint density at radius 2 is 2.26 bits per heavy atom. The normalized spacial score (nSPS) is 11.2. The van der Waals surface area contributed by atoms with E-state index in [0.717, 1.165) is 0 Å². The number of nitrogens with zero attached hydrogens (tertiary/aromatic N) is 3. The van der Waals surface area contributed by atoms with Gasteiger partial charge in [0.05, 0.1) is 6.33 Å². The molecule has 2 aromatic heterocycles. The van der Waals surface area contributed by atoms with Crippen molar-refractivity contribution in [3.05, 3.63) is 11.5 Å². The molecule has 0 aromatic carbocycles. The maximum absolute atomic E-state index is 11.7. The minimum Gasteiger partial charge on any atom is -0.341 e. The minimum atomic E-state index is -0.167. The van der Waals surface area contributed by atoms with Gasteiger partial charge in [0.2, 0.25) is 11.9 Å². The van der Waals surface area contributed by atoms with Crippen molar-refractivity contribution in [3.63, 3.8) is 0 Å². The number of hydrogen-bond acceptors (Lipinski definition) is 5. The van der Waals surface area contributed by atoms with E-state index < -0.39 is 0 Å². The quantitative estimate of drug-likeness (QED) is 0.719. The minimum absolute atomic E-state index is 0.166. The Balaban J connectivity index is 1.98. The van der Waals surface area contributed by atoms with Gasteiger partial charge >= 0.3 is 0 Å². The molecular formula is C11H15ClN6O. The molecule has 0 saturated carbocycles. The fraction of sp³-hybridized carbons (Fsp3) is 0.455. The first-order valence-electron chi connectivity index (χ1n) is 5.96. The van der Waals surface area contributed by atoms with E-state index >= 15 is 0 Å². The number of fused-ring (bicyclic) bond motifs is 1. The number of nitrogens with one attached hydrogen (secondary N) is 3. The zero-order valence-electron chi connectivity index (χ0n) is 10.7. The highest BCUT2D eigenvalue weighted by Crippen LogP contribution is 2.18. The van der Waals surface area contributed by atoms with Crippen LogP contribution in [0.15, 0.2) is 6.33 Å². The van der Waals surface area contributed by atoms with Crippen LogP contribution in [0.5, 0.6) is 0 Å². The van der Waals surface area contributed by atoms with Gasteiger partial charge in [-0.2, -0.15) is 9.97 Å². The summed E-state index contributed by atoms with van der Waals surface area (Å²) in [5.41, 5.74) is 0.983. The molecule has 0 bridgehead atoms. The molecule has 3 N–H and O–H groups in total. The number of amides is 1. The van der Waals surface area contributed by atoms with E-state index in [-0.39, 0.29) is 17.0 Å². The van der Waals surface area contributed by atoms with Crippen LogP contribution in [0, 0.1) is 0 Å². The number of imidazole rings is 1. The largest absolute Gasteiger partial charge is 0.341 e. The first kappa shape index (κ1) is 13.7. The van der Waals surface area contributed by atoms with Gasteiger partial charge < -0.3 is 10.3 Å². The average Bonchev–Trinajstić information content (AvgIpc) is 2.76. The van der Waals surface area contributed by atoms with Gasteiger partial charge in [0.25, 0.3) is 0 Å². The summed E-state index contributed by atoms with van der Waals surface area (Å²) in [4.78, 5) is 26.6. The number of hydrogen-bond donors (Lipinski definition) is 3. The van der Waals surface area contributed by atoms with Crippen LogP contribution in [0.2, 0.25) is 5.15 Å². The molecule has 0 fully saturated rings. The zero-order valence-corrected chi connectivity index (χ0v) is 11.5. The first-order valence-corrected chi connectivity index (χ1v) is 6.34. The first-order chi connectivity index (χ1) is 9.06. The predicted octanol–water partition coefficient (Wildman–Crippen LogP) is 1.33. The lowest BCUT2D eigenvalue weighted by molar-refractivity contribution is -0.116. The maximum Gasteiger partial charge on any atom is 0.233 e. The number of carbonyl (C=O) groups excluding carboxylic acids is 1. The summed E-state index contributed by atoms with van der Waals surface area (Å²) in [5, 5.41) is 5.99. The second kappa shape index (κ2) is 5.94. The molecule has 0 aliphatic carbocycles. The summed E-state index contributed by atoms with van der Waals surface area (Å²) in [6, 6.07) is 0.346. The number of H-pyrrole nitrogens is 1.